The predicted molar refractivity (Wildman–Crippen MR) is 141 cm³/mol. The van der Waals surface area contributed by atoms with E-state index < -0.39 is 12.1 Å². The molecule has 8 nitrogen and oxygen atoms in total. The van der Waals surface area contributed by atoms with Crippen LogP contribution in [-0.4, -0.2) is 40.5 Å². The van der Waals surface area contributed by atoms with Crippen LogP contribution >= 0.6 is 0 Å². The number of aromatic hydroxyl groups is 1. The first-order valence-electron chi connectivity index (χ1n) is 12.2. The molecular weight excluding hydrogens is 454 g/mol. The summed E-state index contributed by atoms with van der Waals surface area (Å²) in [6, 6.07) is 19.4. The number of benzene rings is 2. The van der Waals surface area contributed by atoms with Crippen molar-refractivity contribution in [3.8, 4) is 5.75 Å². The molecule has 2 aromatic carbocycles. The van der Waals surface area contributed by atoms with Crippen molar-refractivity contribution in [3.05, 3.63) is 89.1 Å². The van der Waals surface area contributed by atoms with Gasteiger partial charge in [0.2, 0.25) is 11.8 Å². The van der Waals surface area contributed by atoms with E-state index in [-0.39, 0.29) is 17.6 Å². The molecule has 2 amide bonds. The number of hydrogen-bond acceptors (Lipinski definition) is 6. The number of nitrogens with two attached hydrogens (primary N) is 1. The van der Waals surface area contributed by atoms with E-state index in [2.05, 4.69) is 20.9 Å². The van der Waals surface area contributed by atoms with Gasteiger partial charge in [-0.3, -0.25) is 9.59 Å². The molecule has 190 valence electrons. The number of phenolic OH excluding ortho intramolecular Hbond substituents is 1. The molecule has 0 aliphatic carbocycles. The highest BCUT2D eigenvalue weighted by molar-refractivity contribution is 5.89. The number of aryl methyl sites for hydroxylation is 2. The molecule has 6 N–H and O–H groups in total. The van der Waals surface area contributed by atoms with Crippen molar-refractivity contribution in [2.75, 3.05) is 12.3 Å². The Bertz CT molecular complexity index is 1150. The zero-order valence-corrected chi connectivity index (χ0v) is 20.8. The number of anilines is 1. The maximum atomic E-state index is 13.1. The topological polar surface area (TPSA) is 129 Å². The van der Waals surface area contributed by atoms with E-state index in [1.54, 1.807) is 31.2 Å². The van der Waals surface area contributed by atoms with Crippen molar-refractivity contribution in [2.45, 2.75) is 51.7 Å². The van der Waals surface area contributed by atoms with Crippen LogP contribution in [0.1, 0.15) is 35.7 Å². The Morgan fingerprint density at radius 3 is 2.44 bits per heavy atom. The quantitative estimate of drug-likeness (QED) is 0.266. The summed E-state index contributed by atoms with van der Waals surface area (Å²) in [7, 11) is 0. The number of phenols is 1. The van der Waals surface area contributed by atoms with Gasteiger partial charge in [-0.25, -0.2) is 4.98 Å². The standard InChI is InChI=1S/C28H35N5O3/c1-19-23(12-14-26(29)32-19)18-31-27(35)20(2)33-28(36)25(13-11-21-7-4-3-5-8-21)30-16-15-22-9-6-10-24(34)17-22/h3-10,12,14,17,20,25,30,34H,11,13,15-16,18H2,1-2H3,(H2,29,32)(H,31,35)(H,33,36). The molecule has 2 unspecified atom stereocenters. The third-order valence-electron chi connectivity index (χ3n) is 6.02. The second-order valence-corrected chi connectivity index (χ2v) is 8.88. The van der Waals surface area contributed by atoms with Crippen LogP contribution < -0.4 is 21.7 Å². The fraction of sp³-hybridized carbons (Fsp3) is 0.321. The van der Waals surface area contributed by atoms with Gasteiger partial charge in [-0.2, -0.15) is 0 Å². The van der Waals surface area contributed by atoms with Crippen molar-refractivity contribution in [2.24, 2.45) is 0 Å². The summed E-state index contributed by atoms with van der Waals surface area (Å²) in [6.07, 6.45) is 1.97. The van der Waals surface area contributed by atoms with Gasteiger partial charge in [-0.15, -0.1) is 0 Å². The first kappa shape index (κ1) is 26.7. The van der Waals surface area contributed by atoms with Gasteiger partial charge < -0.3 is 26.8 Å². The van der Waals surface area contributed by atoms with Gasteiger partial charge in [0.1, 0.15) is 17.6 Å². The smallest absolute Gasteiger partial charge is 0.242 e. The Morgan fingerprint density at radius 1 is 0.972 bits per heavy atom. The summed E-state index contributed by atoms with van der Waals surface area (Å²) < 4.78 is 0. The first-order valence-corrected chi connectivity index (χ1v) is 12.2. The van der Waals surface area contributed by atoms with E-state index in [1.807, 2.05) is 49.4 Å². The number of nitrogen functional groups attached to an aromatic ring is 1. The van der Waals surface area contributed by atoms with Crippen LogP contribution in [0.15, 0.2) is 66.7 Å². The molecule has 3 rings (SSSR count). The number of pyridine rings is 1. The van der Waals surface area contributed by atoms with Gasteiger partial charge >= 0.3 is 0 Å². The molecule has 0 spiro atoms. The summed E-state index contributed by atoms with van der Waals surface area (Å²) in [5.74, 6) is 0.146. The zero-order valence-electron chi connectivity index (χ0n) is 20.8. The van der Waals surface area contributed by atoms with Crippen LogP contribution in [0, 0.1) is 6.92 Å². The Balaban J connectivity index is 1.56. The minimum Gasteiger partial charge on any atom is -0.508 e. The monoisotopic (exact) mass is 489 g/mol. The molecule has 0 bridgehead atoms. The largest absolute Gasteiger partial charge is 0.508 e. The Labute approximate surface area is 212 Å². The Morgan fingerprint density at radius 2 is 1.72 bits per heavy atom. The average molecular weight is 490 g/mol. The predicted octanol–water partition coefficient (Wildman–Crippen LogP) is 2.63. The second-order valence-electron chi connectivity index (χ2n) is 8.88. The second kappa shape index (κ2) is 13.3. The zero-order chi connectivity index (χ0) is 25.9. The van der Waals surface area contributed by atoms with Gasteiger partial charge in [-0.1, -0.05) is 48.5 Å². The van der Waals surface area contributed by atoms with E-state index in [4.69, 9.17) is 5.73 Å². The van der Waals surface area contributed by atoms with E-state index in [0.717, 1.165) is 28.8 Å². The number of nitrogens with zero attached hydrogens (tertiary/aromatic N) is 1. The molecule has 8 heteroatoms. The van der Waals surface area contributed by atoms with E-state index >= 15 is 0 Å². The van der Waals surface area contributed by atoms with Crippen molar-refractivity contribution in [1.29, 1.82) is 0 Å². The van der Waals surface area contributed by atoms with Crippen LogP contribution in [0.3, 0.4) is 0 Å². The lowest BCUT2D eigenvalue weighted by Crippen LogP contribution is -2.52. The molecule has 0 fully saturated rings. The van der Waals surface area contributed by atoms with E-state index in [0.29, 0.717) is 31.7 Å². The van der Waals surface area contributed by atoms with Crippen molar-refractivity contribution in [3.63, 3.8) is 0 Å². The highest BCUT2D eigenvalue weighted by atomic mass is 16.3. The number of amides is 2. The van der Waals surface area contributed by atoms with Crippen LogP contribution in [0.4, 0.5) is 5.82 Å². The van der Waals surface area contributed by atoms with Crippen LogP contribution in [0.2, 0.25) is 0 Å². The number of carbonyl (C=O) groups is 2. The third-order valence-corrected chi connectivity index (χ3v) is 6.02. The third kappa shape index (κ3) is 8.39. The first-order chi connectivity index (χ1) is 17.3. The molecule has 0 radical (unpaired) electrons. The molecule has 0 aliphatic heterocycles. The van der Waals surface area contributed by atoms with Crippen molar-refractivity contribution < 1.29 is 14.7 Å². The molecular formula is C28H35N5O3. The molecule has 1 aromatic heterocycles. The highest BCUT2D eigenvalue weighted by Crippen LogP contribution is 2.12. The van der Waals surface area contributed by atoms with Gasteiger partial charge in [0.15, 0.2) is 0 Å². The number of nitrogens with one attached hydrogen (secondary N) is 3. The average Bonchev–Trinajstić information content (AvgIpc) is 2.86. The lowest BCUT2D eigenvalue weighted by molar-refractivity contribution is -0.129. The lowest BCUT2D eigenvalue weighted by Gasteiger charge is -2.21. The molecule has 0 saturated carbocycles. The van der Waals surface area contributed by atoms with Crippen LogP contribution in [0.25, 0.3) is 0 Å². The van der Waals surface area contributed by atoms with Crippen molar-refractivity contribution >= 4 is 17.6 Å². The number of carbonyl (C=O) groups excluding carboxylic acids is 2. The summed E-state index contributed by atoms with van der Waals surface area (Å²) in [4.78, 5) is 30.0. The van der Waals surface area contributed by atoms with E-state index in [1.165, 1.54) is 0 Å². The van der Waals surface area contributed by atoms with Gasteiger partial charge in [-0.05, 0) is 74.5 Å². The maximum absolute atomic E-state index is 13.1. The van der Waals surface area contributed by atoms with Crippen LogP contribution in [0.5, 0.6) is 5.75 Å². The normalized spacial score (nSPS) is 12.5. The summed E-state index contributed by atoms with van der Waals surface area (Å²) in [5, 5.41) is 18.7. The molecule has 0 saturated heterocycles. The number of hydrogen-bond donors (Lipinski definition) is 5. The van der Waals surface area contributed by atoms with Crippen molar-refractivity contribution in [1.82, 2.24) is 20.9 Å². The summed E-state index contributed by atoms with van der Waals surface area (Å²) in [5.41, 5.74) is 9.43. The minimum atomic E-state index is -0.702. The summed E-state index contributed by atoms with van der Waals surface area (Å²) >= 11 is 0. The molecule has 0 aliphatic rings. The molecule has 1 heterocycles. The van der Waals surface area contributed by atoms with Gasteiger partial charge in [0.05, 0.1) is 6.04 Å². The number of rotatable bonds is 12. The lowest BCUT2D eigenvalue weighted by atomic mass is 10.0. The SMILES string of the molecule is Cc1nc(N)ccc1CNC(=O)C(C)NC(=O)C(CCc1ccccc1)NCCc1cccc(O)c1. The molecule has 2 atom stereocenters. The van der Waals surface area contributed by atoms with E-state index in [9.17, 15) is 14.7 Å². The molecule has 36 heavy (non-hydrogen) atoms. The highest BCUT2D eigenvalue weighted by Gasteiger charge is 2.22. The van der Waals surface area contributed by atoms with Crippen LogP contribution in [-0.2, 0) is 29.0 Å². The maximum Gasteiger partial charge on any atom is 0.242 e. The summed E-state index contributed by atoms with van der Waals surface area (Å²) in [6.45, 7) is 4.36. The Kier molecular flexibility index (Phi) is 9.82. The number of aromatic nitrogens is 1. The minimum absolute atomic E-state index is 0.218. The van der Waals surface area contributed by atoms with Gasteiger partial charge in [0, 0.05) is 12.2 Å². The fourth-order valence-corrected chi connectivity index (χ4v) is 3.90. The Hall–Kier alpha value is -3.91. The van der Waals surface area contributed by atoms with Gasteiger partial charge in [0.25, 0.3) is 0 Å². The molecule has 3 aromatic rings. The fourth-order valence-electron chi connectivity index (χ4n) is 3.90.